The van der Waals surface area contributed by atoms with E-state index in [4.69, 9.17) is 5.84 Å². The van der Waals surface area contributed by atoms with Gasteiger partial charge in [-0.3, -0.25) is 15.1 Å². The summed E-state index contributed by atoms with van der Waals surface area (Å²) in [6.45, 7) is 3.60. The van der Waals surface area contributed by atoms with Gasteiger partial charge in [-0.2, -0.15) is 0 Å². The van der Waals surface area contributed by atoms with E-state index >= 15 is 0 Å². The van der Waals surface area contributed by atoms with Crippen molar-refractivity contribution in [2.24, 2.45) is 5.84 Å². The van der Waals surface area contributed by atoms with Crippen LogP contribution in [0.2, 0.25) is 0 Å². The molecule has 1 aliphatic heterocycles. The summed E-state index contributed by atoms with van der Waals surface area (Å²) in [5.41, 5.74) is 4.38. The number of nitrogens with one attached hydrogen (secondary N) is 1. The fourth-order valence-electron chi connectivity index (χ4n) is 2.71. The minimum absolute atomic E-state index is 0.170. The van der Waals surface area contributed by atoms with Crippen LogP contribution in [-0.4, -0.2) is 26.9 Å². The average molecular weight is 285 g/mol. The smallest absolute Gasteiger partial charge is 0.238 e. The average Bonchev–Trinajstić information content (AvgIpc) is 2.96. The van der Waals surface area contributed by atoms with E-state index in [9.17, 15) is 4.79 Å². The molecule has 1 aromatic carbocycles. The molecule has 2 aromatic rings. The van der Waals surface area contributed by atoms with Crippen LogP contribution >= 0.6 is 0 Å². The third-order valence-electron chi connectivity index (χ3n) is 3.85. The first-order valence-electron chi connectivity index (χ1n) is 7.05. The number of hydrazine groups is 1. The highest BCUT2D eigenvalue weighted by atomic mass is 16.2. The molecule has 1 aromatic heterocycles. The molecule has 0 bridgehead atoms. The van der Waals surface area contributed by atoms with Gasteiger partial charge < -0.3 is 4.57 Å². The lowest BCUT2D eigenvalue weighted by Crippen LogP contribution is -2.34. The van der Waals surface area contributed by atoms with Gasteiger partial charge in [-0.15, -0.1) is 0 Å². The van der Waals surface area contributed by atoms with Crippen LogP contribution in [0.15, 0.2) is 36.7 Å². The number of imidazole rings is 1. The van der Waals surface area contributed by atoms with Gasteiger partial charge in [0, 0.05) is 32.0 Å². The molecule has 0 atom stereocenters. The summed E-state index contributed by atoms with van der Waals surface area (Å²) >= 11 is 0. The quantitative estimate of drug-likeness (QED) is 0.485. The van der Waals surface area contributed by atoms with E-state index in [1.807, 2.05) is 30.6 Å². The van der Waals surface area contributed by atoms with Gasteiger partial charge in [0.05, 0.1) is 13.0 Å². The first-order valence-corrected chi connectivity index (χ1v) is 7.05. The zero-order valence-corrected chi connectivity index (χ0v) is 11.8. The Morgan fingerprint density at radius 2 is 2.10 bits per heavy atom. The molecule has 2 heterocycles. The summed E-state index contributed by atoms with van der Waals surface area (Å²) in [6.07, 6.45) is 4.18. The molecular weight excluding hydrogens is 266 g/mol. The van der Waals surface area contributed by atoms with Crippen molar-refractivity contribution in [2.75, 3.05) is 6.54 Å². The van der Waals surface area contributed by atoms with Crippen LogP contribution in [0.3, 0.4) is 0 Å². The van der Waals surface area contributed by atoms with Gasteiger partial charge in [0.2, 0.25) is 5.91 Å². The molecule has 0 fully saturated rings. The van der Waals surface area contributed by atoms with Gasteiger partial charge in [-0.1, -0.05) is 24.3 Å². The monoisotopic (exact) mass is 285 g/mol. The summed E-state index contributed by atoms with van der Waals surface area (Å²) < 4.78 is 2.18. The van der Waals surface area contributed by atoms with Crippen LogP contribution in [0.5, 0.6) is 0 Å². The number of nitrogens with zero attached hydrogens (tertiary/aromatic N) is 3. The van der Waals surface area contributed by atoms with Gasteiger partial charge in [0.25, 0.3) is 0 Å². The maximum atomic E-state index is 11.5. The van der Waals surface area contributed by atoms with E-state index in [0.29, 0.717) is 6.42 Å². The molecule has 0 saturated heterocycles. The van der Waals surface area contributed by atoms with Crippen LogP contribution in [0.4, 0.5) is 0 Å². The van der Waals surface area contributed by atoms with Gasteiger partial charge >= 0.3 is 0 Å². The molecule has 1 aliphatic rings. The van der Waals surface area contributed by atoms with E-state index in [2.05, 4.69) is 25.9 Å². The molecule has 1 amide bonds. The first kappa shape index (κ1) is 13.8. The zero-order valence-electron chi connectivity index (χ0n) is 11.8. The Bertz CT molecular complexity index is 636. The number of amides is 1. The molecule has 6 nitrogen and oxygen atoms in total. The number of aromatic nitrogens is 2. The molecule has 6 heteroatoms. The summed E-state index contributed by atoms with van der Waals surface area (Å²) in [5.74, 6) is 6.10. The number of rotatable bonds is 4. The van der Waals surface area contributed by atoms with E-state index in [1.165, 1.54) is 5.56 Å². The molecule has 21 heavy (non-hydrogen) atoms. The second kappa shape index (κ2) is 6.07. The Morgan fingerprint density at radius 3 is 2.90 bits per heavy atom. The third-order valence-corrected chi connectivity index (χ3v) is 3.85. The fourth-order valence-corrected chi connectivity index (χ4v) is 2.71. The highest BCUT2D eigenvalue weighted by molar-refractivity contribution is 5.78. The van der Waals surface area contributed by atoms with Crippen molar-refractivity contribution in [3.8, 4) is 0 Å². The number of carbonyl (C=O) groups is 1. The third kappa shape index (κ3) is 3.12. The molecule has 3 rings (SSSR count). The van der Waals surface area contributed by atoms with Crippen molar-refractivity contribution in [3.05, 3.63) is 53.6 Å². The minimum atomic E-state index is -0.170. The summed E-state index contributed by atoms with van der Waals surface area (Å²) in [6, 6.07) is 8.01. The number of hydrogen-bond donors (Lipinski definition) is 2. The van der Waals surface area contributed by atoms with Crippen molar-refractivity contribution in [1.82, 2.24) is 19.9 Å². The van der Waals surface area contributed by atoms with Crippen molar-refractivity contribution in [1.29, 1.82) is 0 Å². The Labute approximate surface area is 123 Å². The molecule has 3 N–H and O–H groups in total. The van der Waals surface area contributed by atoms with Crippen molar-refractivity contribution in [2.45, 2.75) is 26.1 Å². The van der Waals surface area contributed by atoms with E-state index < -0.39 is 0 Å². The van der Waals surface area contributed by atoms with Gasteiger partial charge in [0.15, 0.2) is 0 Å². The summed E-state index contributed by atoms with van der Waals surface area (Å²) in [5, 5.41) is 0. The molecular formula is C15H19N5O. The minimum Gasteiger partial charge on any atom is -0.333 e. The van der Waals surface area contributed by atoms with E-state index in [-0.39, 0.29) is 5.91 Å². The predicted molar refractivity (Wildman–Crippen MR) is 78.8 cm³/mol. The number of benzene rings is 1. The summed E-state index contributed by atoms with van der Waals surface area (Å²) in [7, 11) is 0. The number of hydrogen-bond acceptors (Lipinski definition) is 4. The SMILES string of the molecule is NNC(=O)Cc1ccccc1CN1CCn2ccnc2C1. The molecule has 110 valence electrons. The fraction of sp³-hybridized carbons (Fsp3) is 0.333. The second-order valence-corrected chi connectivity index (χ2v) is 5.26. The lowest BCUT2D eigenvalue weighted by molar-refractivity contribution is -0.120. The van der Waals surface area contributed by atoms with Crippen molar-refractivity contribution >= 4 is 5.91 Å². The first-order chi connectivity index (χ1) is 10.3. The standard InChI is InChI=1S/C15H19N5O/c16-18-15(21)9-12-3-1-2-4-13(12)10-19-7-8-20-6-5-17-14(20)11-19/h1-6H,7-11,16H2,(H,18,21). The second-order valence-electron chi connectivity index (χ2n) is 5.26. The highest BCUT2D eigenvalue weighted by Gasteiger charge is 2.17. The Hall–Kier alpha value is -2.18. The molecule has 0 radical (unpaired) electrons. The Morgan fingerprint density at radius 1 is 1.29 bits per heavy atom. The number of carbonyl (C=O) groups excluding carboxylic acids is 1. The lowest BCUT2D eigenvalue weighted by atomic mass is 10.0. The van der Waals surface area contributed by atoms with E-state index in [1.54, 1.807) is 0 Å². The van der Waals surface area contributed by atoms with Crippen LogP contribution in [0.1, 0.15) is 17.0 Å². The van der Waals surface area contributed by atoms with Gasteiger partial charge in [-0.25, -0.2) is 10.8 Å². The summed E-state index contributed by atoms with van der Waals surface area (Å²) in [4.78, 5) is 18.2. The van der Waals surface area contributed by atoms with Crippen LogP contribution in [0.25, 0.3) is 0 Å². The maximum absolute atomic E-state index is 11.5. The number of fused-ring (bicyclic) bond motifs is 1. The van der Waals surface area contributed by atoms with Gasteiger partial charge in [-0.05, 0) is 11.1 Å². The highest BCUT2D eigenvalue weighted by Crippen LogP contribution is 2.17. The van der Waals surface area contributed by atoms with Crippen LogP contribution in [0, 0.1) is 0 Å². The number of nitrogens with two attached hydrogens (primary N) is 1. The molecule has 0 unspecified atom stereocenters. The zero-order chi connectivity index (χ0) is 14.7. The largest absolute Gasteiger partial charge is 0.333 e. The topological polar surface area (TPSA) is 76.2 Å². The maximum Gasteiger partial charge on any atom is 0.238 e. The van der Waals surface area contributed by atoms with Crippen LogP contribution < -0.4 is 11.3 Å². The molecule has 0 aliphatic carbocycles. The molecule has 0 spiro atoms. The van der Waals surface area contributed by atoms with E-state index in [0.717, 1.165) is 37.6 Å². The predicted octanol–water partition coefficient (Wildman–Crippen LogP) is 0.431. The van der Waals surface area contributed by atoms with Crippen molar-refractivity contribution < 1.29 is 4.79 Å². The molecule has 0 saturated carbocycles. The Kier molecular flexibility index (Phi) is 3.98. The Balaban J connectivity index is 1.72. The van der Waals surface area contributed by atoms with Crippen LogP contribution in [-0.2, 0) is 30.8 Å². The van der Waals surface area contributed by atoms with Gasteiger partial charge in [0.1, 0.15) is 5.82 Å². The lowest BCUT2D eigenvalue weighted by Gasteiger charge is -2.28. The van der Waals surface area contributed by atoms with Crippen molar-refractivity contribution in [3.63, 3.8) is 0 Å². The normalized spacial score (nSPS) is 14.7.